The Morgan fingerprint density at radius 1 is 1.00 bits per heavy atom. The summed E-state index contributed by atoms with van der Waals surface area (Å²) in [5, 5.41) is 0. The van der Waals surface area contributed by atoms with Gasteiger partial charge in [-0.25, -0.2) is 4.39 Å². The molecule has 2 aliphatic carbocycles. The van der Waals surface area contributed by atoms with Crippen molar-refractivity contribution in [3.8, 4) is 0 Å². The van der Waals surface area contributed by atoms with E-state index in [1.54, 1.807) is 21.9 Å². The second-order valence-corrected chi connectivity index (χ2v) is 8.30. The van der Waals surface area contributed by atoms with Crippen LogP contribution in [0.15, 0.2) is 35.9 Å². The highest BCUT2D eigenvalue weighted by molar-refractivity contribution is 5.95. The highest BCUT2D eigenvalue weighted by Crippen LogP contribution is 2.33. The number of halogens is 1. The molecule has 28 heavy (non-hydrogen) atoms. The van der Waals surface area contributed by atoms with Crippen molar-refractivity contribution in [2.24, 2.45) is 0 Å². The zero-order valence-corrected chi connectivity index (χ0v) is 16.4. The van der Waals surface area contributed by atoms with Crippen molar-refractivity contribution >= 4 is 11.8 Å². The lowest BCUT2D eigenvalue weighted by Crippen LogP contribution is -2.58. The van der Waals surface area contributed by atoms with Crippen LogP contribution in [0, 0.1) is 5.82 Å². The second-order valence-electron chi connectivity index (χ2n) is 8.30. The molecule has 5 heteroatoms. The van der Waals surface area contributed by atoms with Gasteiger partial charge in [-0.1, -0.05) is 36.6 Å². The Hall–Kier alpha value is -2.17. The molecule has 0 N–H and O–H groups in total. The molecule has 0 bridgehead atoms. The monoisotopic (exact) mass is 384 g/mol. The van der Waals surface area contributed by atoms with Crippen molar-refractivity contribution in [1.82, 2.24) is 9.80 Å². The summed E-state index contributed by atoms with van der Waals surface area (Å²) in [7, 11) is 0. The Labute approximate surface area is 166 Å². The van der Waals surface area contributed by atoms with Crippen LogP contribution in [0.5, 0.6) is 0 Å². The summed E-state index contributed by atoms with van der Waals surface area (Å²) < 4.78 is 13.5. The van der Waals surface area contributed by atoms with Crippen molar-refractivity contribution in [2.75, 3.05) is 13.1 Å². The number of hydrogen-bond donors (Lipinski definition) is 0. The van der Waals surface area contributed by atoms with Gasteiger partial charge in [0.25, 0.3) is 5.91 Å². The highest BCUT2D eigenvalue weighted by Gasteiger charge is 2.43. The van der Waals surface area contributed by atoms with E-state index in [9.17, 15) is 14.0 Å². The SMILES string of the molecule is O=C1[C@H](c2ccc(F)cc2)N(CCC2=CCCCC2)C(=O)CN1C1CCCC1. The van der Waals surface area contributed by atoms with Gasteiger partial charge in [0.15, 0.2) is 0 Å². The van der Waals surface area contributed by atoms with E-state index in [1.165, 1.54) is 30.5 Å². The van der Waals surface area contributed by atoms with E-state index in [0.29, 0.717) is 12.1 Å². The molecular weight excluding hydrogens is 355 g/mol. The van der Waals surface area contributed by atoms with E-state index in [0.717, 1.165) is 44.9 Å². The number of amides is 2. The number of hydrogen-bond acceptors (Lipinski definition) is 2. The predicted octanol–water partition coefficient (Wildman–Crippen LogP) is 4.37. The summed E-state index contributed by atoms with van der Waals surface area (Å²) in [5.41, 5.74) is 2.10. The van der Waals surface area contributed by atoms with E-state index < -0.39 is 6.04 Å². The lowest BCUT2D eigenvalue weighted by Gasteiger charge is -2.43. The van der Waals surface area contributed by atoms with Crippen molar-refractivity contribution in [3.63, 3.8) is 0 Å². The average molecular weight is 384 g/mol. The molecule has 1 aliphatic heterocycles. The van der Waals surface area contributed by atoms with Gasteiger partial charge in [0.2, 0.25) is 5.91 Å². The van der Waals surface area contributed by atoms with Crippen molar-refractivity contribution in [2.45, 2.75) is 69.9 Å². The van der Waals surface area contributed by atoms with Crippen LogP contribution >= 0.6 is 0 Å². The third-order valence-electron chi connectivity index (χ3n) is 6.46. The van der Waals surface area contributed by atoms with E-state index in [1.807, 2.05) is 0 Å². The molecule has 1 heterocycles. The number of carbonyl (C=O) groups excluding carboxylic acids is 2. The molecule has 3 aliphatic rings. The average Bonchev–Trinajstić information content (AvgIpc) is 3.24. The van der Waals surface area contributed by atoms with Crippen molar-refractivity contribution < 1.29 is 14.0 Å². The maximum Gasteiger partial charge on any atom is 0.250 e. The number of benzene rings is 1. The maximum atomic E-state index is 13.5. The second kappa shape index (κ2) is 8.46. The Bertz CT molecular complexity index is 752. The van der Waals surface area contributed by atoms with Crippen molar-refractivity contribution in [1.29, 1.82) is 0 Å². The lowest BCUT2D eigenvalue weighted by molar-refractivity contribution is -0.158. The van der Waals surface area contributed by atoms with Gasteiger partial charge >= 0.3 is 0 Å². The van der Waals surface area contributed by atoms with E-state index in [2.05, 4.69) is 6.08 Å². The van der Waals surface area contributed by atoms with Gasteiger partial charge in [0, 0.05) is 12.6 Å². The molecule has 1 aromatic rings. The molecule has 1 saturated carbocycles. The van der Waals surface area contributed by atoms with Crippen LogP contribution in [0.4, 0.5) is 4.39 Å². The number of nitrogens with zero attached hydrogens (tertiary/aromatic N) is 2. The maximum absolute atomic E-state index is 13.5. The highest BCUT2D eigenvalue weighted by atomic mass is 19.1. The standard InChI is InChI=1S/C23H29FN2O2/c24-19-12-10-18(11-13-19)22-23(28)26(20-8-4-5-9-20)16-21(27)25(22)15-14-17-6-2-1-3-7-17/h6,10-13,20,22H,1-5,7-9,14-16H2/t22-/m0/s1. The molecule has 150 valence electrons. The zero-order valence-electron chi connectivity index (χ0n) is 16.4. The first-order chi connectivity index (χ1) is 13.6. The fourth-order valence-electron chi connectivity index (χ4n) is 4.89. The molecule has 0 spiro atoms. The number of allylic oxidation sites excluding steroid dienone is 1. The Morgan fingerprint density at radius 3 is 2.43 bits per heavy atom. The molecule has 2 fully saturated rings. The molecule has 4 rings (SSSR count). The quantitative estimate of drug-likeness (QED) is 0.707. The molecule has 4 nitrogen and oxygen atoms in total. The molecule has 0 radical (unpaired) electrons. The molecular formula is C23H29FN2O2. The van der Waals surface area contributed by atoms with Crippen LogP contribution in [-0.4, -0.2) is 40.7 Å². The first-order valence-electron chi connectivity index (χ1n) is 10.7. The first-order valence-corrected chi connectivity index (χ1v) is 10.7. The van der Waals surface area contributed by atoms with Gasteiger partial charge in [-0.3, -0.25) is 9.59 Å². The summed E-state index contributed by atoms with van der Waals surface area (Å²) >= 11 is 0. The Balaban J connectivity index is 1.58. The topological polar surface area (TPSA) is 40.6 Å². The smallest absolute Gasteiger partial charge is 0.250 e. The van der Waals surface area contributed by atoms with Crippen LogP contribution in [0.1, 0.15) is 69.4 Å². The van der Waals surface area contributed by atoms with Crippen LogP contribution in [0.25, 0.3) is 0 Å². The molecule has 0 unspecified atom stereocenters. The fourth-order valence-corrected chi connectivity index (χ4v) is 4.89. The zero-order chi connectivity index (χ0) is 19.5. The van der Waals surface area contributed by atoms with E-state index in [-0.39, 0.29) is 30.2 Å². The molecule has 1 aromatic carbocycles. The van der Waals surface area contributed by atoms with Gasteiger partial charge in [-0.15, -0.1) is 0 Å². The lowest BCUT2D eigenvalue weighted by atomic mass is 9.95. The van der Waals surface area contributed by atoms with Crippen LogP contribution in [-0.2, 0) is 9.59 Å². The summed E-state index contributed by atoms with van der Waals surface area (Å²) in [5.74, 6) is -0.321. The Kier molecular flexibility index (Phi) is 5.79. The van der Waals surface area contributed by atoms with Crippen molar-refractivity contribution in [3.05, 3.63) is 47.3 Å². The minimum atomic E-state index is -0.633. The van der Waals surface area contributed by atoms with Gasteiger partial charge in [0.1, 0.15) is 18.4 Å². The predicted molar refractivity (Wildman–Crippen MR) is 106 cm³/mol. The minimum Gasteiger partial charge on any atom is -0.328 e. The number of rotatable bonds is 5. The number of piperazine rings is 1. The van der Waals surface area contributed by atoms with Gasteiger partial charge in [0.05, 0.1) is 0 Å². The third kappa shape index (κ3) is 3.98. The molecule has 0 aromatic heterocycles. The van der Waals surface area contributed by atoms with Gasteiger partial charge in [-0.2, -0.15) is 0 Å². The summed E-state index contributed by atoms with van der Waals surface area (Å²) in [6, 6.07) is 5.59. The minimum absolute atomic E-state index is 0.00395. The fraction of sp³-hybridized carbons (Fsp3) is 0.565. The largest absolute Gasteiger partial charge is 0.328 e. The van der Waals surface area contributed by atoms with Crippen LogP contribution in [0.2, 0.25) is 0 Å². The summed E-state index contributed by atoms with van der Waals surface area (Å²) in [4.78, 5) is 30.0. The summed E-state index contributed by atoms with van der Waals surface area (Å²) in [6.45, 7) is 0.733. The van der Waals surface area contributed by atoms with Crippen LogP contribution in [0.3, 0.4) is 0 Å². The third-order valence-corrected chi connectivity index (χ3v) is 6.46. The first kappa shape index (κ1) is 19.2. The molecule has 1 saturated heterocycles. The normalized spacial score (nSPS) is 24.0. The van der Waals surface area contributed by atoms with E-state index in [4.69, 9.17) is 0 Å². The number of carbonyl (C=O) groups is 2. The molecule has 2 amide bonds. The van der Waals surface area contributed by atoms with Gasteiger partial charge in [-0.05, 0) is 62.6 Å². The Morgan fingerprint density at radius 2 is 1.75 bits per heavy atom. The van der Waals surface area contributed by atoms with E-state index >= 15 is 0 Å². The summed E-state index contributed by atoms with van der Waals surface area (Å²) in [6.07, 6.45) is 11.9. The molecule has 1 atom stereocenters. The van der Waals surface area contributed by atoms with Gasteiger partial charge < -0.3 is 9.80 Å². The van der Waals surface area contributed by atoms with Crippen LogP contribution < -0.4 is 0 Å².